The molecule has 3 heterocycles. The van der Waals surface area contributed by atoms with Gasteiger partial charge in [-0.05, 0) is 76.5 Å². The van der Waals surface area contributed by atoms with Crippen LogP contribution in [0.4, 0.5) is 4.39 Å². The van der Waals surface area contributed by atoms with Gasteiger partial charge in [0.25, 0.3) is 0 Å². The zero-order chi connectivity index (χ0) is 17.8. The number of hydrogen-bond donors (Lipinski definition) is 0. The van der Waals surface area contributed by atoms with Crippen LogP contribution in [0.15, 0.2) is 28.7 Å². The van der Waals surface area contributed by atoms with Gasteiger partial charge in [0, 0.05) is 11.6 Å². The van der Waals surface area contributed by atoms with Crippen LogP contribution in [-0.4, -0.2) is 52.2 Å². The maximum absolute atomic E-state index is 13.4. The molecule has 0 saturated carbocycles. The van der Waals surface area contributed by atoms with E-state index in [-0.39, 0.29) is 5.82 Å². The molecule has 0 N–H and O–H groups in total. The Balaban J connectivity index is 1.38. The van der Waals surface area contributed by atoms with Gasteiger partial charge < -0.3 is 9.32 Å². The number of nitrogens with zero attached hydrogens (tertiary/aromatic N) is 4. The number of piperidine rings is 1. The highest BCUT2D eigenvalue weighted by molar-refractivity contribution is 5.52. The maximum Gasteiger partial charge on any atom is 0.247 e. The summed E-state index contributed by atoms with van der Waals surface area (Å²) < 4.78 is 19.2. The fourth-order valence-corrected chi connectivity index (χ4v) is 4.16. The van der Waals surface area contributed by atoms with Gasteiger partial charge in [-0.25, -0.2) is 4.39 Å². The molecule has 2 aliphatic rings. The summed E-state index contributed by atoms with van der Waals surface area (Å²) in [5, 5.41) is 8.31. The summed E-state index contributed by atoms with van der Waals surface area (Å²) in [4.78, 5) is 5.07. The summed E-state index contributed by atoms with van der Waals surface area (Å²) in [5.74, 6) is 0.725. The van der Waals surface area contributed by atoms with E-state index in [1.54, 1.807) is 12.1 Å². The molecule has 0 spiro atoms. The molecule has 26 heavy (non-hydrogen) atoms. The topological polar surface area (TPSA) is 45.4 Å². The number of hydrogen-bond acceptors (Lipinski definition) is 5. The number of halogens is 1. The first-order valence-electron chi connectivity index (χ1n) is 9.83. The Morgan fingerprint density at radius 2 is 1.92 bits per heavy atom. The van der Waals surface area contributed by atoms with Crippen molar-refractivity contribution in [2.75, 3.05) is 26.2 Å². The normalized spacial score (nSPS) is 22.1. The Hall–Kier alpha value is -1.79. The minimum Gasteiger partial charge on any atom is -0.419 e. The average molecular weight is 358 g/mol. The molecule has 5 nitrogen and oxygen atoms in total. The first kappa shape index (κ1) is 17.6. The largest absolute Gasteiger partial charge is 0.419 e. The van der Waals surface area contributed by atoms with Gasteiger partial charge in [0.05, 0.1) is 6.54 Å². The molecule has 0 radical (unpaired) electrons. The van der Waals surface area contributed by atoms with Gasteiger partial charge >= 0.3 is 0 Å². The van der Waals surface area contributed by atoms with E-state index < -0.39 is 0 Å². The van der Waals surface area contributed by atoms with E-state index in [0.717, 1.165) is 6.54 Å². The van der Waals surface area contributed by atoms with Crippen molar-refractivity contribution in [2.45, 2.75) is 51.1 Å². The average Bonchev–Trinajstić information content (AvgIpc) is 3.33. The van der Waals surface area contributed by atoms with Crippen LogP contribution in [0.5, 0.6) is 0 Å². The lowest BCUT2D eigenvalue weighted by Gasteiger charge is -2.35. The predicted molar refractivity (Wildman–Crippen MR) is 98.0 cm³/mol. The van der Waals surface area contributed by atoms with E-state index in [0.29, 0.717) is 29.9 Å². The molecule has 4 rings (SSSR count). The fourth-order valence-electron chi connectivity index (χ4n) is 4.16. The molecule has 1 atom stereocenters. The smallest absolute Gasteiger partial charge is 0.247 e. The first-order chi connectivity index (χ1) is 12.8. The van der Waals surface area contributed by atoms with E-state index >= 15 is 0 Å². The van der Waals surface area contributed by atoms with E-state index in [1.165, 1.54) is 70.3 Å². The monoisotopic (exact) mass is 358 g/mol. The molecule has 0 bridgehead atoms. The van der Waals surface area contributed by atoms with Crippen LogP contribution in [0.1, 0.15) is 44.4 Å². The third-order valence-corrected chi connectivity index (χ3v) is 5.60. The molecule has 1 aromatic carbocycles. The Morgan fingerprint density at radius 3 is 2.77 bits per heavy atom. The van der Waals surface area contributed by atoms with Crippen LogP contribution < -0.4 is 0 Å². The van der Waals surface area contributed by atoms with Crippen LogP contribution >= 0.6 is 0 Å². The highest BCUT2D eigenvalue weighted by atomic mass is 19.1. The van der Waals surface area contributed by atoms with Crippen molar-refractivity contribution < 1.29 is 8.81 Å². The molecule has 1 aromatic heterocycles. The SMILES string of the molecule is Fc1cccc(-c2nnc(CN3CCCC[C@H]3CCN3CCCC3)o2)c1. The fraction of sp³-hybridized carbons (Fsp3) is 0.600. The minimum atomic E-state index is -0.291. The standard InChI is InChI=1S/C20H27FN4O/c21-17-7-5-6-16(14-17)20-23-22-19(26-20)15-25-12-2-1-8-18(25)9-13-24-10-3-4-11-24/h5-7,14,18H,1-4,8-13,15H2/t18-/m0/s1. The third-order valence-electron chi connectivity index (χ3n) is 5.60. The second kappa shape index (κ2) is 8.27. The van der Waals surface area contributed by atoms with Crippen molar-refractivity contribution in [1.29, 1.82) is 0 Å². The van der Waals surface area contributed by atoms with Crippen LogP contribution in [0.25, 0.3) is 11.5 Å². The van der Waals surface area contributed by atoms with E-state index in [4.69, 9.17) is 4.42 Å². The van der Waals surface area contributed by atoms with Crippen molar-refractivity contribution in [1.82, 2.24) is 20.0 Å². The zero-order valence-electron chi connectivity index (χ0n) is 15.2. The Kier molecular flexibility index (Phi) is 5.60. The van der Waals surface area contributed by atoms with Gasteiger partial charge in [0.15, 0.2) is 0 Å². The molecule has 0 unspecified atom stereocenters. The third kappa shape index (κ3) is 4.30. The second-order valence-electron chi connectivity index (χ2n) is 7.47. The van der Waals surface area contributed by atoms with E-state index in [9.17, 15) is 4.39 Å². The molecule has 2 aliphatic heterocycles. The highest BCUT2D eigenvalue weighted by Gasteiger charge is 2.25. The van der Waals surface area contributed by atoms with Gasteiger partial charge in [-0.1, -0.05) is 12.5 Å². The molecule has 2 aromatic rings. The van der Waals surface area contributed by atoms with Gasteiger partial charge in [0.1, 0.15) is 5.82 Å². The van der Waals surface area contributed by atoms with Gasteiger partial charge in [0.2, 0.25) is 11.8 Å². The van der Waals surface area contributed by atoms with Crippen LogP contribution in [0.2, 0.25) is 0 Å². The minimum absolute atomic E-state index is 0.291. The Morgan fingerprint density at radius 1 is 1.08 bits per heavy atom. The zero-order valence-corrected chi connectivity index (χ0v) is 15.2. The summed E-state index contributed by atoms with van der Waals surface area (Å²) >= 11 is 0. The first-order valence-corrected chi connectivity index (χ1v) is 9.83. The molecule has 2 fully saturated rings. The van der Waals surface area contributed by atoms with Crippen molar-refractivity contribution >= 4 is 0 Å². The summed E-state index contributed by atoms with van der Waals surface area (Å²) in [6.07, 6.45) is 7.69. The Bertz CT molecular complexity index is 713. The van der Waals surface area contributed by atoms with Crippen LogP contribution in [0, 0.1) is 5.82 Å². The molecule has 140 valence electrons. The molecular weight excluding hydrogens is 331 g/mol. The number of rotatable bonds is 6. The molecule has 0 amide bonds. The quantitative estimate of drug-likeness (QED) is 0.788. The molecule has 0 aliphatic carbocycles. The van der Waals surface area contributed by atoms with Crippen molar-refractivity contribution in [2.24, 2.45) is 0 Å². The second-order valence-corrected chi connectivity index (χ2v) is 7.47. The van der Waals surface area contributed by atoms with Crippen molar-refractivity contribution in [3.8, 4) is 11.5 Å². The number of likely N-dealkylation sites (tertiary alicyclic amines) is 2. The van der Waals surface area contributed by atoms with Gasteiger partial charge in [-0.15, -0.1) is 10.2 Å². The maximum atomic E-state index is 13.4. The van der Waals surface area contributed by atoms with Crippen LogP contribution in [-0.2, 0) is 6.54 Å². The predicted octanol–water partition coefficient (Wildman–Crippen LogP) is 3.72. The van der Waals surface area contributed by atoms with Crippen molar-refractivity contribution in [3.63, 3.8) is 0 Å². The van der Waals surface area contributed by atoms with Gasteiger partial charge in [-0.3, -0.25) is 4.90 Å². The van der Waals surface area contributed by atoms with Crippen LogP contribution in [0.3, 0.4) is 0 Å². The lowest BCUT2D eigenvalue weighted by molar-refractivity contribution is 0.111. The Labute approximate surface area is 154 Å². The summed E-state index contributed by atoms with van der Waals surface area (Å²) in [5.41, 5.74) is 0.632. The van der Waals surface area contributed by atoms with Crippen molar-refractivity contribution in [3.05, 3.63) is 36.0 Å². The van der Waals surface area contributed by atoms with Gasteiger partial charge in [-0.2, -0.15) is 0 Å². The highest BCUT2D eigenvalue weighted by Crippen LogP contribution is 2.24. The summed E-state index contributed by atoms with van der Waals surface area (Å²) in [7, 11) is 0. The lowest BCUT2D eigenvalue weighted by Crippen LogP contribution is -2.41. The number of benzene rings is 1. The summed E-state index contributed by atoms with van der Waals surface area (Å²) in [6.45, 7) is 5.48. The van der Waals surface area contributed by atoms with E-state index in [2.05, 4.69) is 20.0 Å². The molecule has 2 saturated heterocycles. The molecular formula is C20H27FN4O. The lowest BCUT2D eigenvalue weighted by atomic mass is 9.99. The molecule has 6 heteroatoms. The summed E-state index contributed by atoms with van der Waals surface area (Å²) in [6, 6.07) is 6.89. The van der Waals surface area contributed by atoms with E-state index in [1.807, 2.05) is 0 Å². The number of aromatic nitrogens is 2.